The molecule has 0 spiro atoms. The van der Waals surface area contributed by atoms with Crippen LogP contribution in [0.25, 0.3) is 16.6 Å². The number of aromatic nitrogens is 3. The van der Waals surface area contributed by atoms with Gasteiger partial charge in [0.15, 0.2) is 0 Å². The highest BCUT2D eigenvalue weighted by molar-refractivity contribution is 6.14. The molecule has 1 aliphatic carbocycles. The van der Waals surface area contributed by atoms with E-state index >= 15 is 0 Å². The van der Waals surface area contributed by atoms with Crippen molar-refractivity contribution < 1.29 is 10.0 Å². The van der Waals surface area contributed by atoms with Crippen molar-refractivity contribution >= 4 is 28.0 Å². The number of oxime groups is 1. The van der Waals surface area contributed by atoms with Gasteiger partial charge in [0.25, 0.3) is 5.56 Å². The summed E-state index contributed by atoms with van der Waals surface area (Å²) in [5, 5.41) is 12.8. The van der Waals surface area contributed by atoms with Crippen LogP contribution in [0.4, 0.5) is 0 Å². The van der Waals surface area contributed by atoms with Gasteiger partial charge in [-0.25, -0.2) is 4.98 Å². The molecule has 0 atom stereocenters. The van der Waals surface area contributed by atoms with Gasteiger partial charge in [0.05, 0.1) is 17.5 Å². The number of imidazole rings is 1. The monoisotopic (exact) mass is 366 g/mol. The van der Waals surface area contributed by atoms with Crippen molar-refractivity contribution in [3.63, 3.8) is 0 Å². The number of ketones is 1. The zero-order chi connectivity index (χ0) is 19.3. The van der Waals surface area contributed by atoms with Crippen LogP contribution in [0.5, 0.6) is 0 Å². The van der Waals surface area contributed by atoms with Crippen molar-refractivity contribution in [1.29, 1.82) is 0 Å². The van der Waals surface area contributed by atoms with E-state index in [2.05, 4.69) is 10.1 Å². The first kappa shape index (κ1) is 17.5. The Morgan fingerprint density at radius 1 is 1.26 bits per heavy atom. The van der Waals surface area contributed by atoms with E-state index in [9.17, 15) is 14.8 Å². The molecule has 1 saturated carbocycles. The van der Waals surface area contributed by atoms with Gasteiger partial charge in [0, 0.05) is 11.5 Å². The zero-order valence-corrected chi connectivity index (χ0v) is 15.6. The number of nitrogens with zero attached hydrogens (tertiary/aromatic N) is 4. The van der Waals surface area contributed by atoms with Gasteiger partial charge in [0.2, 0.25) is 0 Å². The minimum absolute atomic E-state index is 0.0182. The summed E-state index contributed by atoms with van der Waals surface area (Å²) in [6.45, 7) is 5.89. The topological polar surface area (TPSA) is 89.0 Å². The lowest BCUT2D eigenvalue weighted by Gasteiger charge is -2.25. The summed E-state index contributed by atoms with van der Waals surface area (Å²) in [7, 11) is 0. The highest BCUT2D eigenvalue weighted by atomic mass is 16.4. The lowest BCUT2D eigenvalue weighted by Crippen LogP contribution is -2.35. The predicted octanol–water partition coefficient (Wildman–Crippen LogP) is 2.95. The number of hydrogen-bond donors (Lipinski definition) is 1. The Bertz CT molecular complexity index is 1140. The SMILES string of the molecule is CC(C)(C)n1c(=O)c2c(/C(CC(=O)C3CC3)=N/O)ncn2c2ccccc21. The summed E-state index contributed by atoms with van der Waals surface area (Å²) >= 11 is 0. The van der Waals surface area contributed by atoms with Gasteiger partial charge < -0.3 is 5.21 Å². The Kier molecular flexibility index (Phi) is 3.91. The third-order valence-electron chi connectivity index (χ3n) is 4.99. The van der Waals surface area contributed by atoms with Crippen molar-refractivity contribution in [3.8, 4) is 0 Å². The van der Waals surface area contributed by atoms with E-state index in [1.165, 1.54) is 0 Å². The second-order valence-electron chi connectivity index (χ2n) is 8.08. The Morgan fingerprint density at radius 2 is 1.93 bits per heavy atom. The standard InChI is InChI=1S/C20H22N4O3/c1-20(2,3)24-15-7-5-4-6-14(15)23-11-21-17(18(23)19(24)26)13(22-27)10-16(25)12-8-9-12/h4-7,11-12,27H,8-10H2,1-3H3/b22-13+. The molecule has 1 N–H and O–H groups in total. The third kappa shape index (κ3) is 2.83. The van der Waals surface area contributed by atoms with Crippen LogP contribution in [-0.2, 0) is 10.3 Å². The molecule has 0 saturated heterocycles. The Labute approximate surface area is 155 Å². The fraction of sp³-hybridized carbons (Fsp3) is 0.400. The maximum absolute atomic E-state index is 13.4. The number of para-hydroxylation sites is 2. The number of carbonyl (C=O) groups is 1. The third-order valence-corrected chi connectivity index (χ3v) is 4.99. The molecule has 7 nitrogen and oxygen atoms in total. The van der Waals surface area contributed by atoms with Crippen LogP contribution in [0, 0.1) is 5.92 Å². The van der Waals surface area contributed by atoms with E-state index in [1.807, 2.05) is 45.0 Å². The molecular formula is C20H22N4O3. The highest BCUT2D eigenvalue weighted by Crippen LogP contribution is 2.31. The lowest BCUT2D eigenvalue weighted by molar-refractivity contribution is -0.119. The second kappa shape index (κ2) is 6.04. The number of benzene rings is 1. The smallest absolute Gasteiger partial charge is 0.278 e. The summed E-state index contributed by atoms with van der Waals surface area (Å²) in [6.07, 6.45) is 3.29. The van der Waals surface area contributed by atoms with Crippen LogP contribution in [0.2, 0.25) is 0 Å². The van der Waals surface area contributed by atoms with Crippen LogP contribution in [0.1, 0.15) is 45.7 Å². The molecule has 2 heterocycles. The predicted molar refractivity (Wildman–Crippen MR) is 103 cm³/mol. The van der Waals surface area contributed by atoms with Crippen LogP contribution in [-0.4, -0.2) is 30.7 Å². The number of fused-ring (bicyclic) bond motifs is 3. The van der Waals surface area contributed by atoms with Crippen molar-refractivity contribution in [2.45, 2.75) is 45.6 Å². The first-order valence-corrected chi connectivity index (χ1v) is 9.08. The molecule has 27 heavy (non-hydrogen) atoms. The molecule has 0 bridgehead atoms. The van der Waals surface area contributed by atoms with Gasteiger partial charge in [0.1, 0.15) is 29.0 Å². The average Bonchev–Trinajstić information content (AvgIpc) is 3.37. The summed E-state index contributed by atoms with van der Waals surface area (Å²) in [5.74, 6) is 0.0728. The summed E-state index contributed by atoms with van der Waals surface area (Å²) in [5.41, 5.74) is 1.66. The average molecular weight is 366 g/mol. The quantitative estimate of drug-likeness (QED) is 0.437. The number of carbonyl (C=O) groups excluding carboxylic acids is 1. The molecule has 7 heteroatoms. The fourth-order valence-electron chi connectivity index (χ4n) is 3.57. The molecule has 2 aromatic heterocycles. The number of hydrogen-bond acceptors (Lipinski definition) is 5. The van der Waals surface area contributed by atoms with Crippen LogP contribution >= 0.6 is 0 Å². The van der Waals surface area contributed by atoms with Crippen molar-refractivity contribution in [2.24, 2.45) is 11.1 Å². The molecule has 1 aliphatic rings. The van der Waals surface area contributed by atoms with Gasteiger partial charge in [-0.1, -0.05) is 17.3 Å². The Balaban J connectivity index is 2.00. The summed E-state index contributed by atoms with van der Waals surface area (Å²) in [4.78, 5) is 30.0. The van der Waals surface area contributed by atoms with Crippen molar-refractivity contribution in [2.75, 3.05) is 0 Å². The minimum Gasteiger partial charge on any atom is -0.411 e. The van der Waals surface area contributed by atoms with Gasteiger partial charge in [-0.05, 0) is 45.7 Å². The summed E-state index contributed by atoms with van der Waals surface area (Å²) in [6, 6.07) is 7.61. The molecule has 1 aromatic carbocycles. The van der Waals surface area contributed by atoms with E-state index < -0.39 is 5.54 Å². The van der Waals surface area contributed by atoms with Gasteiger partial charge >= 0.3 is 0 Å². The van der Waals surface area contributed by atoms with Crippen LogP contribution < -0.4 is 5.56 Å². The molecule has 1 fully saturated rings. The van der Waals surface area contributed by atoms with Gasteiger partial charge in [-0.3, -0.25) is 18.6 Å². The maximum Gasteiger partial charge on any atom is 0.278 e. The molecule has 0 radical (unpaired) electrons. The normalized spacial score (nSPS) is 15.6. The van der Waals surface area contributed by atoms with E-state index in [0.717, 1.165) is 23.9 Å². The zero-order valence-electron chi connectivity index (χ0n) is 15.6. The van der Waals surface area contributed by atoms with E-state index in [-0.39, 0.29) is 35.1 Å². The van der Waals surface area contributed by atoms with Crippen LogP contribution in [0.15, 0.2) is 40.5 Å². The molecule has 4 rings (SSSR count). The molecule has 3 aromatic rings. The molecular weight excluding hydrogens is 344 g/mol. The molecule has 140 valence electrons. The van der Waals surface area contributed by atoms with Crippen molar-refractivity contribution in [3.05, 3.63) is 46.6 Å². The van der Waals surface area contributed by atoms with E-state index in [0.29, 0.717) is 5.52 Å². The van der Waals surface area contributed by atoms with E-state index in [1.54, 1.807) is 15.3 Å². The highest BCUT2D eigenvalue weighted by Gasteiger charge is 2.32. The molecule has 0 amide bonds. The maximum atomic E-state index is 13.4. The first-order chi connectivity index (χ1) is 12.8. The number of Topliss-reactive ketones (excluding diaryl/α,β-unsaturated/α-hetero) is 1. The summed E-state index contributed by atoms with van der Waals surface area (Å²) < 4.78 is 3.43. The van der Waals surface area contributed by atoms with Gasteiger partial charge in [-0.2, -0.15) is 0 Å². The molecule has 0 aliphatic heterocycles. The van der Waals surface area contributed by atoms with E-state index in [4.69, 9.17) is 0 Å². The minimum atomic E-state index is -0.458. The second-order valence-corrected chi connectivity index (χ2v) is 8.08. The fourth-order valence-corrected chi connectivity index (χ4v) is 3.57. The van der Waals surface area contributed by atoms with Gasteiger partial charge in [-0.15, -0.1) is 0 Å². The first-order valence-electron chi connectivity index (χ1n) is 9.08. The lowest BCUT2D eigenvalue weighted by atomic mass is 10.1. The van der Waals surface area contributed by atoms with Crippen molar-refractivity contribution in [1.82, 2.24) is 14.0 Å². The Morgan fingerprint density at radius 3 is 2.52 bits per heavy atom. The molecule has 0 unspecified atom stereocenters. The Hall–Kier alpha value is -2.96. The van der Waals surface area contributed by atoms with Crippen LogP contribution in [0.3, 0.4) is 0 Å². The largest absolute Gasteiger partial charge is 0.411 e. The number of rotatable bonds is 4.